The van der Waals surface area contributed by atoms with E-state index in [1.165, 1.54) is 30.4 Å². The highest BCUT2D eigenvalue weighted by atomic mass is 16.5. The summed E-state index contributed by atoms with van der Waals surface area (Å²) in [4.78, 5) is 2.68. The minimum absolute atomic E-state index is 0.532. The Bertz CT molecular complexity index is 490. The largest absolute Gasteiger partial charge is 0.496 e. The van der Waals surface area contributed by atoms with Crippen molar-refractivity contribution in [3.63, 3.8) is 0 Å². The molecule has 1 heterocycles. The summed E-state index contributed by atoms with van der Waals surface area (Å²) in [6.45, 7) is 9.06. The maximum Gasteiger partial charge on any atom is 0.123 e. The van der Waals surface area contributed by atoms with Crippen LogP contribution in [0.3, 0.4) is 0 Å². The summed E-state index contributed by atoms with van der Waals surface area (Å²) in [5, 5.41) is 3.48. The van der Waals surface area contributed by atoms with Gasteiger partial charge in [0.25, 0.3) is 0 Å². The van der Waals surface area contributed by atoms with Gasteiger partial charge in [0.05, 0.1) is 7.11 Å². The molecule has 3 rings (SSSR count). The number of rotatable bonds is 5. The molecule has 1 aliphatic heterocycles. The lowest BCUT2D eigenvalue weighted by Crippen LogP contribution is -2.48. The minimum atomic E-state index is 0.532. The number of nitrogens with one attached hydrogen (secondary N) is 1. The van der Waals surface area contributed by atoms with E-state index in [-0.39, 0.29) is 0 Å². The summed E-state index contributed by atoms with van der Waals surface area (Å²) in [6.07, 6.45) is 4.12. The molecule has 22 heavy (non-hydrogen) atoms. The average molecular weight is 302 g/mol. The molecule has 0 amide bonds. The number of ether oxygens (including phenoxy) is 1. The zero-order valence-electron chi connectivity index (χ0n) is 14.3. The van der Waals surface area contributed by atoms with E-state index in [0.29, 0.717) is 12.0 Å². The second kappa shape index (κ2) is 7.01. The van der Waals surface area contributed by atoms with Crippen molar-refractivity contribution in [3.05, 3.63) is 29.3 Å². The van der Waals surface area contributed by atoms with E-state index in [1.54, 1.807) is 0 Å². The Morgan fingerprint density at radius 3 is 2.45 bits per heavy atom. The molecule has 3 nitrogen and oxygen atoms in total. The molecule has 1 saturated carbocycles. The number of hydrogen-bond donors (Lipinski definition) is 1. The van der Waals surface area contributed by atoms with E-state index in [1.807, 2.05) is 7.11 Å². The molecular weight excluding hydrogens is 272 g/mol. The molecule has 1 N–H and O–H groups in total. The van der Waals surface area contributed by atoms with Crippen LogP contribution in [-0.4, -0.2) is 38.2 Å². The molecule has 1 aromatic rings. The minimum Gasteiger partial charge on any atom is -0.496 e. The molecule has 0 bridgehead atoms. The van der Waals surface area contributed by atoms with Gasteiger partial charge in [0.15, 0.2) is 0 Å². The lowest BCUT2D eigenvalue weighted by atomic mass is 9.75. The Hall–Kier alpha value is -1.06. The zero-order valence-corrected chi connectivity index (χ0v) is 14.3. The van der Waals surface area contributed by atoms with Crippen molar-refractivity contribution in [1.82, 2.24) is 10.2 Å². The van der Waals surface area contributed by atoms with Crippen molar-refractivity contribution in [2.75, 3.05) is 33.3 Å². The summed E-state index contributed by atoms with van der Waals surface area (Å²) < 4.78 is 5.73. The van der Waals surface area contributed by atoms with Crippen LogP contribution >= 0.6 is 0 Å². The molecule has 3 heteroatoms. The van der Waals surface area contributed by atoms with Crippen molar-refractivity contribution in [2.45, 2.75) is 45.1 Å². The summed E-state index contributed by atoms with van der Waals surface area (Å²) >= 11 is 0. The first-order valence-electron chi connectivity index (χ1n) is 8.83. The SMILES string of the molecule is COc1ccc(C(C)C)cc1[C@H](C1CCC1)N1CCNCC1. The second-order valence-electron chi connectivity index (χ2n) is 7.08. The third kappa shape index (κ3) is 3.16. The number of piperazine rings is 1. The van der Waals surface area contributed by atoms with E-state index in [9.17, 15) is 0 Å². The lowest BCUT2D eigenvalue weighted by molar-refractivity contribution is 0.0818. The number of methoxy groups -OCH3 is 1. The molecular formula is C19H30N2O. The highest BCUT2D eigenvalue weighted by molar-refractivity contribution is 5.41. The van der Waals surface area contributed by atoms with Crippen molar-refractivity contribution in [3.8, 4) is 5.75 Å². The third-order valence-electron chi connectivity index (χ3n) is 5.38. The lowest BCUT2D eigenvalue weighted by Gasteiger charge is -2.43. The van der Waals surface area contributed by atoms with Crippen LogP contribution in [0.2, 0.25) is 0 Å². The zero-order chi connectivity index (χ0) is 15.5. The molecule has 1 aliphatic carbocycles. The molecule has 1 atom stereocenters. The van der Waals surface area contributed by atoms with Gasteiger partial charge in [-0.25, -0.2) is 0 Å². The summed E-state index contributed by atoms with van der Waals surface area (Å²) in [7, 11) is 1.81. The first kappa shape index (κ1) is 15.8. The van der Waals surface area contributed by atoms with Crippen LogP contribution in [0.5, 0.6) is 5.75 Å². The third-order valence-corrected chi connectivity index (χ3v) is 5.38. The van der Waals surface area contributed by atoms with Gasteiger partial charge in [-0.05, 0) is 36.3 Å². The topological polar surface area (TPSA) is 24.5 Å². The molecule has 1 aromatic carbocycles. The predicted molar refractivity (Wildman–Crippen MR) is 91.6 cm³/mol. The normalized spacial score (nSPS) is 21.6. The van der Waals surface area contributed by atoms with Crippen LogP contribution in [0.25, 0.3) is 0 Å². The number of nitrogens with zero attached hydrogens (tertiary/aromatic N) is 1. The smallest absolute Gasteiger partial charge is 0.123 e. The van der Waals surface area contributed by atoms with Gasteiger partial charge >= 0.3 is 0 Å². The van der Waals surface area contributed by atoms with Gasteiger partial charge in [0.2, 0.25) is 0 Å². The number of hydrogen-bond acceptors (Lipinski definition) is 3. The van der Waals surface area contributed by atoms with E-state index < -0.39 is 0 Å². The van der Waals surface area contributed by atoms with Gasteiger partial charge in [-0.15, -0.1) is 0 Å². The standard InChI is InChI=1S/C19H30N2O/c1-14(2)16-7-8-18(22-3)17(13-16)19(15-5-4-6-15)21-11-9-20-10-12-21/h7-8,13-15,19-20H,4-6,9-12H2,1-3H3/t19-/m0/s1. The van der Waals surface area contributed by atoms with E-state index in [0.717, 1.165) is 37.8 Å². The Morgan fingerprint density at radius 2 is 1.91 bits per heavy atom. The average Bonchev–Trinajstić information content (AvgIpc) is 2.51. The van der Waals surface area contributed by atoms with Gasteiger partial charge in [0.1, 0.15) is 5.75 Å². The molecule has 122 valence electrons. The molecule has 0 radical (unpaired) electrons. The first-order valence-corrected chi connectivity index (χ1v) is 8.83. The van der Waals surface area contributed by atoms with Crippen LogP contribution in [0.15, 0.2) is 18.2 Å². The van der Waals surface area contributed by atoms with Gasteiger partial charge < -0.3 is 10.1 Å². The van der Waals surface area contributed by atoms with Gasteiger partial charge in [0, 0.05) is 37.8 Å². The Morgan fingerprint density at radius 1 is 1.18 bits per heavy atom. The van der Waals surface area contributed by atoms with Crippen LogP contribution in [0, 0.1) is 5.92 Å². The fourth-order valence-electron chi connectivity index (χ4n) is 3.81. The van der Waals surface area contributed by atoms with Gasteiger partial charge in [-0.1, -0.05) is 32.4 Å². The molecule has 0 unspecified atom stereocenters. The van der Waals surface area contributed by atoms with Crippen molar-refractivity contribution in [2.24, 2.45) is 5.92 Å². The van der Waals surface area contributed by atoms with Crippen molar-refractivity contribution in [1.29, 1.82) is 0 Å². The summed E-state index contributed by atoms with van der Waals surface area (Å²) in [6, 6.07) is 7.35. The highest BCUT2D eigenvalue weighted by Crippen LogP contribution is 2.44. The monoisotopic (exact) mass is 302 g/mol. The fraction of sp³-hybridized carbons (Fsp3) is 0.684. The molecule has 2 aliphatic rings. The maximum absolute atomic E-state index is 5.73. The van der Waals surface area contributed by atoms with Crippen LogP contribution in [-0.2, 0) is 0 Å². The molecule has 0 spiro atoms. The predicted octanol–water partition coefficient (Wildman–Crippen LogP) is 3.57. The van der Waals surface area contributed by atoms with Crippen LogP contribution < -0.4 is 10.1 Å². The van der Waals surface area contributed by atoms with Crippen LogP contribution in [0.4, 0.5) is 0 Å². The fourth-order valence-corrected chi connectivity index (χ4v) is 3.81. The van der Waals surface area contributed by atoms with Gasteiger partial charge in [-0.3, -0.25) is 4.90 Å². The maximum atomic E-state index is 5.73. The van der Waals surface area contributed by atoms with E-state index in [2.05, 4.69) is 42.3 Å². The Kier molecular flexibility index (Phi) is 5.04. The second-order valence-corrected chi connectivity index (χ2v) is 7.08. The molecule has 0 aromatic heterocycles. The molecule has 2 fully saturated rings. The number of benzene rings is 1. The van der Waals surface area contributed by atoms with Crippen molar-refractivity contribution >= 4 is 0 Å². The Labute approximate surface area is 135 Å². The van der Waals surface area contributed by atoms with Crippen LogP contribution in [0.1, 0.15) is 56.2 Å². The molecule has 1 saturated heterocycles. The van der Waals surface area contributed by atoms with Crippen molar-refractivity contribution < 1.29 is 4.74 Å². The Balaban J connectivity index is 1.96. The summed E-state index contributed by atoms with van der Waals surface area (Å²) in [5.74, 6) is 2.43. The van der Waals surface area contributed by atoms with E-state index in [4.69, 9.17) is 4.74 Å². The van der Waals surface area contributed by atoms with E-state index >= 15 is 0 Å². The summed E-state index contributed by atoms with van der Waals surface area (Å²) in [5.41, 5.74) is 2.84. The highest BCUT2D eigenvalue weighted by Gasteiger charge is 2.35. The quantitative estimate of drug-likeness (QED) is 0.900. The van der Waals surface area contributed by atoms with Gasteiger partial charge in [-0.2, -0.15) is 0 Å². The first-order chi connectivity index (χ1) is 10.7.